The molecule has 68 valence electrons. The molecule has 1 aromatic carbocycles. The molecular weight excluding hydrogens is 169 g/mol. The number of rotatable bonds is 3. The van der Waals surface area contributed by atoms with E-state index < -0.39 is 0 Å². The first-order valence-corrected chi connectivity index (χ1v) is 4.04. The minimum absolute atomic E-state index is 0.258. The quantitative estimate of drug-likeness (QED) is 0.712. The molecule has 0 unspecified atom stereocenters. The molecule has 0 aromatic heterocycles. The third kappa shape index (κ3) is 2.53. The molecule has 0 radical (unpaired) electrons. The monoisotopic (exact) mass is 179 g/mol. The van der Waals surface area contributed by atoms with Crippen LogP contribution in [0.5, 0.6) is 0 Å². The van der Waals surface area contributed by atoms with Crippen LogP contribution < -0.4 is 0 Å². The Balaban J connectivity index is 2.81. The van der Waals surface area contributed by atoms with Crippen molar-refractivity contribution in [1.29, 1.82) is 5.26 Å². The Morgan fingerprint density at radius 2 is 2.31 bits per heavy atom. The van der Waals surface area contributed by atoms with Gasteiger partial charge in [0.1, 0.15) is 5.82 Å². The molecule has 0 atom stereocenters. The Morgan fingerprint density at radius 1 is 1.54 bits per heavy atom. The van der Waals surface area contributed by atoms with Crippen molar-refractivity contribution in [3.05, 3.63) is 35.1 Å². The van der Waals surface area contributed by atoms with E-state index in [0.29, 0.717) is 17.7 Å². The highest BCUT2D eigenvalue weighted by molar-refractivity contribution is 5.32. The number of nitriles is 1. The average Bonchev–Trinajstić information content (AvgIpc) is 2.16. The van der Waals surface area contributed by atoms with Crippen LogP contribution in [0.15, 0.2) is 18.2 Å². The van der Waals surface area contributed by atoms with Crippen molar-refractivity contribution in [3.63, 3.8) is 0 Å². The first kappa shape index (κ1) is 9.69. The summed E-state index contributed by atoms with van der Waals surface area (Å²) in [5.41, 5.74) is 0.818. The lowest BCUT2D eigenvalue weighted by Crippen LogP contribution is -1.95. The van der Waals surface area contributed by atoms with Gasteiger partial charge >= 0.3 is 0 Å². The topological polar surface area (TPSA) is 33.0 Å². The van der Waals surface area contributed by atoms with Crippen LogP contribution in [0, 0.1) is 17.1 Å². The minimum Gasteiger partial charge on any atom is -0.377 e. The van der Waals surface area contributed by atoms with E-state index in [9.17, 15) is 4.39 Å². The summed E-state index contributed by atoms with van der Waals surface area (Å²) in [6.45, 7) is 2.66. The van der Waals surface area contributed by atoms with Crippen LogP contribution in [-0.2, 0) is 11.3 Å². The molecule has 2 nitrogen and oxygen atoms in total. The molecule has 0 N–H and O–H groups in total. The maximum atomic E-state index is 13.1. The molecule has 0 saturated carbocycles. The molecule has 0 heterocycles. The first-order chi connectivity index (χ1) is 6.27. The molecule has 0 spiro atoms. The van der Waals surface area contributed by atoms with Gasteiger partial charge in [0, 0.05) is 12.2 Å². The zero-order valence-electron chi connectivity index (χ0n) is 7.38. The first-order valence-electron chi connectivity index (χ1n) is 4.04. The lowest BCUT2D eigenvalue weighted by Gasteiger charge is -2.02. The van der Waals surface area contributed by atoms with Crippen LogP contribution in [0.4, 0.5) is 4.39 Å². The molecular formula is C10H10FNO. The SMILES string of the molecule is CCOCc1ccc(C#N)cc1F. The Labute approximate surface area is 76.6 Å². The fraction of sp³-hybridized carbons (Fsp3) is 0.300. The summed E-state index contributed by atoms with van der Waals surface area (Å²) in [5, 5.41) is 8.48. The van der Waals surface area contributed by atoms with E-state index in [0.717, 1.165) is 0 Å². The summed E-state index contributed by atoms with van der Waals surface area (Å²) in [4.78, 5) is 0. The van der Waals surface area contributed by atoms with Gasteiger partial charge in [-0.05, 0) is 19.1 Å². The highest BCUT2D eigenvalue weighted by atomic mass is 19.1. The molecule has 0 amide bonds. The normalized spacial score (nSPS) is 9.62. The van der Waals surface area contributed by atoms with Gasteiger partial charge in [0.15, 0.2) is 0 Å². The van der Waals surface area contributed by atoms with Crippen molar-refractivity contribution in [2.45, 2.75) is 13.5 Å². The van der Waals surface area contributed by atoms with Gasteiger partial charge < -0.3 is 4.74 Å². The highest BCUT2D eigenvalue weighted by Crippen LogP contribution is 2.10. The predicted molar refractivity (Wildman–Crippen MR) is 46.4 cm³/mol. The van der Waals surface area contributed by atoms with Gasteiger partial charge in [-0.3, -0.25) is 0 Å². The van der Waals surface area contributed by atoms with Gasteiger partial charge in [0.25, 0.3) is 0 Å². The van der Waals surface area contributed by atoms with Crippen molar-refractivity contribution in [2.24, 2.45) is 0 Å². The molecule has 0 aliphatic rings. The zero-order chi connectivity index (χ0) is 9.68. The Bertz CT molecular complexity index is 330. The molecule has 0 fully saturated rings. The van der Waals surface area contributed by atoms with E-state index in [1.807, 2.05) is 13.0 Å². The van der Waals surface area contributed by atoms with Gasteiger partial charge in [-0.1, -0.05) is 6.07 Å². The number of nitrogens with zero attached hydrogens (tertiary/aromatic N) is 1. The van der Waals surface area contributed by atoms with E-state index in [2.05, 4.69) is 0 Å². The van der Waals surface area contributed by atoms with Crippen molar-refractivity contribution >= 4 is 0 Å². The van der Waals surface area contributed by atoms with E-state index in [1.165, 1.54) is 6.07 Å². The van der Waals surface area contributed by atoms with Crippen molar-refractivity contribution in [1.82, 2.24) is 0 Å². The number of benzene rings is 1. The summed E-state index contributed by atoms with van der Waals surface area (Å²) in [5.74, 6) is -0.382. The summed E-state index contributed by atoms with van der Waals surface area (Å²) >= 11 is 0. The van der Waals surface area contributed by atoms with Crippen molar-refractivity contribution < 1.29 is 9.13 Å². The smallest absolute Gasteiger partial charge is 0.130 e. The van der Waals surface area contributed by atoms with Crippen LogP contribution in [0.2, 0.25) is 0 Å². The number of hydrogen-bond acceptors (Lipinski definition) is 2. The molecule has 1 rings (SSSR count). The lowest BCUT2D eigenvalue weighted by molar-refractivity contribution is 0.131. The second kappa shape index (κ2) is 4.58. The molecule has 0 aliphatic heterocycles. The van der Waals surface area contributed by atoms with Gasteiger partial charge in [-0.25, -0.2) is 4.39 Å². The predicted octanol–water partition coefficient (Wildman–Crippen LogP) is 2.23. The molecule has 0 saturated heterocycles. The fourth-order valence-corrected chi connectivity index (χ4v) is 0.946. The van der Waals surface area contributed by atoms with Gasteiger partial charge in [-0.15, -0.1) is 0 Å². The Morgan fingerprint density at radius 3 is 2.85 bits per heavy atom. The van der Waals surface area contributed by atoms with Crippen molar-refractivity contribution in [2.75, 3.05) is 6.61 Å². The Kier molecular flexibility index (Phi) is 3.41. The average molecular weight is 179 g/mol. The van der Waals surface area contributed by atoms with Crippen LogP contribution in [-0.4, -0.2) is 6.61 Å². The Hall–Kier alpha value is -1.40. The largest absolute Gasteiger partial charge is 0.377 e. The van der Waals surface area contributed by atoms with Crippen LogP contribution in [0.25, 0.3) is 0 Å². The van der Waals surface area contributed by atoms with Gasteiger partial charge in [0.2, 0.25) is 0 Å². The van der Waals surface area contributed by atoms with Gasteiger partial charge in [0.05, 0.1) is 18.2 Å². The van der Waals surface area contributed by atoms with Crippen LogP contribution in [0.1, 0.15) is 18.1 Å². The highest BCUT2D eigenvalue weighted by Gasteiger charge is 2.02. The summed E-state index contributed by atoms with van der Waals surface area (Å²) in [6, 6.07) is 6.24. The number of ether oxygens (including phenoxy) is 1. The van der Waals surface area contributed by atoms with Crippen LogP contribution >= 0.6 is 0 Å². The summed E-state index contributed by atoms with van der Waals surface area (Å²) in [6.07, 6.45) is 0. The van der Waals surface area contributed by atoms with E-state index >= 15 is 0 Å². The number of hydrogen-bond donors (Lipinski definition) is 0. The van der Waals surface area contributed by atoms with E-state index in [1.54, 1.807) is 12.1 Å². The lowest BCUT2D eigenvalue weighted by atomic mass is 10.1. The standard InChI is InChI=1S/C10H10FNO/c1-2-13-7-9-4-3-8(6-12)5-10(9)11/h3-5H,2,7H2,1H3. The van der Waals surface area contributed by atoms with E-state index in [4.69, 9.17) is 10.00 Å². The third-order valence-corrected chi connectivity index (χ3v) is 1.64. The molecule has 0 bridgehead atoms. The summed E-state index contributed by atoms with van der Waals surface area (Å²) in [7, 11) is 0. The molecule has 1 aromatic rings. The maximum Gasteiger partial charge on any atom is 0.130 e. The molecule has 13 heavy (non-hydrogen) atoms. The zero-order valence-corrected chi connectivity index (χ0v) is 7.38. The third-order valence-electron chi connectivity index (χ3n) is 1.64. The maximum absolute atomic E-state index is 13.1. The summed E-state index contributed by atoms with van der Waals surface area (Å²) < 4.78 is 18.2. The van der Waals surface area contributed by atoms with E-state index in [-0.39, 0.29) is 12.4 Å². The van der Waals surface area contributed by atoms with Crippen molar-refractivity contribution in [3.8, 4) is 6.07 Å². The molecule has 3 heteroatoms. The second-order valence-electron chi connectivity index (χ2n) is 2.56. The van der Waals surface area contributed by atoms with Crippen LogP contribution in [0.3, 0.4) is 0 Å². The second-order valence-corrected chi connectivity index (χ2v) is 2.56. The van der Waals surface area contributed by atoms with Gasteiger partial charge in [-0.2, -0.15) is 5.26 Å². The fourth-order valence-electron chi connectivity index (χ4n) is 0.946. The molecule has 0 aliphatic carbocycles. The number of halogens is 1. The minimum atomic E-state index is -0.382.